The van der Waals surface area contributed by atoms with E-state index in [1.165, 1.54) is 0 Å². The first-order valence-corrected chi connectivity index (χ1v) is 7.23. The molecule has 0 saturated carbocycles. The summed E-state index contributed by atoms with van der Waals surface area (Å²) < 4.78 is 11.0. The molecule has 1 heterocycles. The molecule has 0 aromatic heterocycles. The summed E-state index contributed by atoms with van der Waals surface area (Å²) in [7, 11) is 0. The van der Waals surface area contributed by atoms with Gasteiger partial charge in [-0.3, -0.25) is 0 Å². The van der Waals surface area contributed by atoms with E-state index in [1.54, 1.807) is 29.2 Å². The molecule has 116 valence electrons. The van der Waals surface area contributed by atoms with Gasteiger partial charge in [-0.15, -0.1) is 0 Å². The predicted molar refractivity (Wildman–Crippen MR) is 79.5 cm³/mol. The summed E-state index contributed by atoms with van der Waals surface area (Å²) in [6, 6.07) is 6.74. The second-order valence-electron chi connectivity index (χ2n) is 6.39. The second-order valence-corrected chi connectivity index (χ2v) is 6.39. The third-order valence-corrected chi connectivity index (χ3v) is 3.24. The van der Waals surface area contributed by atoms with E-state index in [1.807, 2.05) is 20.8 Å². The van der Waals surface area contributed by atoms with Crippen LogP contribution in [-0.4, -0.2) is 41.4 Å². The minimum Gasteiger partial charge on any atom is -0.508 e. The molecule has 0 spiro atoms. The van der Waals surface area contributed by atoms with Crippen LogP contribution < -0.4 is 4.74 Å². The quantitative estimate of drug-likeness (QED) is 0.930. The van der Waals surface area contributed by atoms with Gasteiger partial charge in [0, 0.05) is 25.1 Å². The van der Waals surface area contributed by atoms with Crippen molar-refractivity contribution in [2.75, 3.05) is 19.7 Å². The van der Waals surface area contributed by atoms with Crippen molar-refractivity contribution in [3.05, 3.63) is 24.3 Å². The number of nitrogens with zero attached hydrogens (tertiary/aromatic N) is 1. The maximum Gasteiger partial charge on any atom is 0.410 e. The van der Waals surface area contributed by atoms with Gasteiger partial charge in [-0.1, -0.05) is 6.07 Å². The molecule has 5 nitrogen and oxygen atoms in total. The van der Waals surface area contributed by atoms with Gasteiger partial charge in [0.15, 0.2) is 0 Å². The number of carbonyl (C=O) groups excluding carboxylic acids is 1. The molecule has 1 saturated heterocycles. The summed E-state index contributed by atoms with van der Waals surface area (Å²) in [6.45, 7) is 7.47. The highest BCUT2D eigenvalue weighted by molar-refractivity contribution is 5.68. The number of hydrogen-bond acceptors (Lipinski definition) is 4. The van der Waals surface area contributed by atoms with Gasteiger partial charge < -0.3 is 19.5 Å². The van der Waals surface area contributed by atoms with Crippen molar-refractivity contribution in [3.63, 3.8) is 0 Å². The zero-order valence-electron chi connectivity index (χ0n) is 12.8. The number of aromatic hydroxyl groups is 1. The van der Waals surface area contributed by atoms with Gasteiger partial charge in [-0.2, -0.15) is 0 Å². The molecule has 1 aromatic rings. The minimum atomic E-state index is -0.465. The highest BCUT2D eigenvalue weighted by Gasteiger charge is 2.30. The maximum absolute atomic E-state index is 12.0. The first-order valence-electron chi connectivity index (χ1n) is 7.23. The average molecular weight is 293 g/mol. The summed E-state index contributed by atoms with van der Waals surface area (Å²) >= 11 is 0. The monoisotopic (exact) mass is 293 g/mol. The topological polar surface area (TPSA) is 59.0 Å². The Morgan fingerprint density at radius 1 is 1.43 bits per heavy atom. The van der Waals surface area contributed by atoms with Crippen molar-refractivity contribution in [3.8, 4) is 11.5 Å². The van der Waals surface area contributed by atoms with Crippen molar-refractivity contribution >= 4 is 6.09 Å². The van der Waals surface area contributed by atoms with E-state index >= 15 is 0 Å². The number of phenols is 1. The lowest BCUT2D eigenvalue weighted by atomic mass is 10.1. The zero-order valence-corrected chi connectivity index (χ0v) is 12.8. The largest absolute Gasteiger partial charge is 0.508 e. The SMILES string of the molecule is CC(C)(C)OC(=O)N1CCC(COc2cccc(O)c2)C1. The van der Waals surface area contributed by atoms with Crippen LogP contribution in [0.5, 0.6) is 11.5 Å². The van der Waals surface area contributed by atoms with E-state index in [2.05, 4.69) is 0 Å². The Morgan fingerprint density at radius 2 is 2.19 bits per heavy atom. The first-order chi connectivity index (χ1) is 9.83. The fourth-order valence-corrected chi connectivity index (χ4v) is 2.25. The van der Waals surface area contributed by atoms with Gasteiger partial charge in [0.05, 0.1) is 6.61 Å². The van der Waals surface area contributed by atoms with E-state index in [4.69, 9.17) is 9.47 Å². The Bertz CT molecular complexity index is 495. The molecule has 1 aliphatic heterocycles. The summed E-state index contributed by atoms with van der Waals surface area (Å²) in [5.74, 6) is 1.12. The smallest absolute Gasteiger partial charge is 0.410 e. The fraction of sp³-hybridized carbons (Fsp3) is 0.562. The summed E-state index contributed by atoms with van der Waals surface area (Å²) in [6.07, 6.45) is 0.639. The molecule has 0 radical (unpaired) electrons. The number of phenolic OH excluding ortho intramolecular Hbond substituents is 1. The third-order valence-electron chi connectivity index (χ3n) is 3.24. The lowest BCUT2D eigenvalue weighted by Crippen LogP contribution is -2.35. The predicted octanol–water partition coefficient (Wildman–Crippen LogP) is 3.03. The van der Waals surface area contributed by atoms with Crippen LogP contribution in [0.1, 0.15) is 27.2 Å². The van der Waals surface area contributed by atoms with E-state index < -0.39 is 5.60 Å². The highest BCUT2D eigenvalue weighted by Crippen LogP contribution is 2.22. The van der Waals surface area contributed by atoms with E-state index in [9.17, 15) is 9.90 Å². The molecule has 2 rings (SSSR count). The van der Waals surface area contributed by atoms with Crippen LogP contribution in [0.15, 0.2) is 24.3 Å². The standard InChI is InChI=1S/C16H23NO4/c1-16(2,3)21-15(19)17-8-7-12(10-17)11-20-14-6-4-5-13(18)9-14/h4-6,9,12,18H,7-8,10-11H2,1-3H3. The molecule has 1 fully saturated rings. The van der Waals surface area contributed by atoms with Gasteiger partial charge in [0.2, 0.25) is 0 Å². The highest BCUT2D eigenvalue weighted by atomic mass is 16.6. The van der Waals surface area contributed by atoms with Crippen molar-refractivity contribution in [2.24, 2.45) is 5.92 Å². The maximum atomic E-state index is 12.0. The number of rotatable bonds is 3. The molecule has 1 aliphatic rings. The molecule has 0 bridgehead atoms. The van der Waals surface area contributed by atoms with E-state index in [-0.39, 0.29) is 11.8 Å². The molecular weight excluding hydrogens is 270 g/mol. The van der Waals surface area contributed by atoms with Crippen LogP contribution in [-0.2, 0) is 4.74 Å². The number of amides is 1. The summed E-state index contributed by atoms with van der Waals surface area (Å²) in [4.78, 5) is 13.7. The number of carbonyl (C=O) groups is 1. The van der Waals surface area contributed by atoms with E-state index in [0.29, 0.717) is 31.4 Å². The van der Waals surface area contributed by atoms with Crippen LogP contribution in [0, 0.1) is 5.92 Å². The molecule has 5 heteroatoms. The number of hydrogen-bond donors (Lipinski definition) is 1. The van der Waals surface area contributed by atoms with Gasteiger partial charge in [0.1, 0.15) is 17.1 Å². The lowest BCUT2D eigenvalue weighted by Gasteiger charge is -2.24. The van der Waals surface area contributed by atoms with Crippen molar-refractivity contribution in [1.29, 1.82) is 0 Å². The number of ether oxygens (including phenoxy) is 2. The van der Waals surface area contributed by atoms with Crippen molar-refractivity contribution in [1.82, 2.24) is 4.90 Å². The lowest BCUT2D eigenvalue weighted by molar-refractivity contribution is 0.0285. The molecule has 1 unspecified atom stereocenters. The van der Waals surface area contributed by atoms with E-state index in [0.717, 1.165) is 6.42 Å². The van der Waals surface area contributed by atoms with Gasteiger partial charge in [-0.25, -0.2) is 4.79 Å². The van der Waals surface area contributed by atoms with Gasteiger partial charge in [-0.05, 0) is 39.3 Å². The Hall–Kier alpha value is -1.91. The first kappa shape index (κ1) is 15.5. The minimum absolute atomic E-state index is 0.189. The Balaban J connectivity index is 1.79. The molecule has 1 amide bonds. The van der Waals surface area contributed by atoms with Gasteiger partial charge in [0.25, 0.3) is 0 Å². The molecule has 21 heavy (non-hydrogen) atoms. The van der Waals surface area contributed by atoms with Crippen LogP contribution in [0.2, 0.25) is 0 Å². The number of likely N-dealkylation sites (tertiary alicyclic amines) is 1. The van der Waals surface area contributed by atoms with Crippen LogP contribution in [0.25, 0.3) is 0 Å². The Kier molecular flexibility index (Phi) is 4.60. The van der Waals surface area contributed by atoms with Crippen molar-refractivity contribution in [2.45, 2.75) is 32.8 Å². The molecule has 1 aromatic carbocycles. The third kappa shape index (κ3) is 4.85. The molecule has 1 atom stereocenters. The zero-order chi connectivity index (χ0) is 15.5. The van der Waals surface area contributed by atoms with Crippen LogP contribution in [0.4, 0.5) is 4.79 Å². The van der Waals surface area contributed by atoms with Crippen molar-refractivity contribution < 1.29 is 19.4 Å². The average Bonchev–Trinajstić information content (AvgIpc) is 2.83. The normalized spacial score (nSPS) is 18.6. The molecular formula is C16H23NO4. The fourth-order valence-electron chi connectivity index (χ4n) is 2.25. The molecule has 0 aliphatic carbocycles. The summed E-state index contributed by atoms with van der Waals surface area (Å²) in [5, 5.41) is 9.38. The van der Waals surface area contributed by atoms with Gasteiger partial charge >= 0.3 is 6.09 Å². The molecule has 1 N–H and O–H groups in total. The van der Waals surface area contributed by atoms with Crippen LogP contribution >= 0.6 is 0 Å². The summed E-state index contributed by atoms with van der Waals surface area (Å²) in [5.41, 5.74) is -0.465. The second kappa shape index (κ2) is 6.24. The number of benzene rings is 1. The Morgan fingerprint density at radius 3 is 2.86 bits per heavy atom. The van der Waals surface area contributed by atoms with Crippen LogP contribution in [0.3, 0.4) is 0 Å². The Labute approximate surface area is 125 Å².